The first-order chi connectivity index (χ1) is 15.6. The SMILES string of the molecule is C#C[C@@](C)(C#N)CCCC1(C(=O)OCC)Cc2c(OC)c(OC)c(C(C)C)c(OC)c2C1=O. The van der Waals surface area contributed by atoms with E-state index in [2.05, 4.69) is 12.0 Å². The second-order valence-electron chi connectivity index (χ2n) is 8.77. The lowest BCUT2D eigenvalue weighted by Crippen LogP contribution is -2.39. The number of Topliss-reactive ketones (excluding diaryl/α,β-unsaturated/α-hetero) is 1. The molecular weight excluding hydrogens is 422 g/mol. The number of terminal acetylenes is 1. The van der Waals surface area contributed by atoms with Gasteiger partial charge in [0.1, 0.15) is 16.6 Å². The molecule has 7 nitrogen and oxygen atoms in total. The van der Waals surface area contributed by atoms with Crippen molar-refractivity contribution >= 4 is 11.8 Å². The van der Waals surface area contributed by atoms with Crippen molar-refractivity contribution in [1.29, 1.82) is 5.26 Å². The van der Waals surface area contributed by atoms with Gasteiger partial charge in [0.05, 0.1) is 39.6 Å². The maximum absolute atomic E-state index is 14.0. The van der Waals surface area contributed by atoms with Crippen LogP contribution in [0.3, 0.4) is 0 Å². The van der Waals surface area contributed by atoms with E-state index in [0.717, 1.165) is 0 Å². The van der Waals surface area contributed by atoms with Crippen LogP contribution in [-0.2, 0) is 16.0 Å². The molecule has 0 saturated carbocycles. The Hall–Kier alpha value is -3.19. The van der Waals surface area contributed by atoms with E-state index in [4.69, 9.17) is 25.4 Å². The van der Waals surface area contributed by atoms with Crippen LogP contribution in [0.4, 0.5) is 0 Å². The summed E-state index contributed by atoms with van der Waals surface area (Å²) in [6.45, 7) is 7.43. The van der Waals surface area contributed by atoms with Gasteiger partial charge in [0.25, 0.3) is 0 Å². The average molecular weight is 456 g/mol. The van der Waals surface area contributed by atoms with Crippen LogP contribution in [0.5, 0.6) is 17.2 Å². The second kappa shape index (κ2) is 10.2. The molecule has 0 aliphatic heterocycles. The first kappa shape index (κ1) is 26.1. The second-order valence-corrected chi connectivity index (χ2v) is 8.77. The van der Waals surface area contributed by atoms with Crippen molar-refractivity contribution in [3.05, 3.63) is 16.7 Å². The molecule has 178 valence electrons. The number of esters is 1. The van der Waals surface area contributed by atoms with Crippen molar-refractivity contribution in [1.82, 2.24) is 0 Å². The van der Waals surface area contributed by atoms with Crippen molar-refractivity contribution in [3.8, 4) is 35.7 Å². The normalized spacial score (nSPS) is 18.7. The minimum absolute atomic E-state index is 0.0357. The van der Waals surface area contributed by atoms with E-state index >= 15 is 0 Å². The smallest absolute Gasteiger partial charge is 0.320 e. The Morgan fingerprint density at radius 1 is 1.18 bits per heavy atom. The molecule has 0 heterocycles. The zero-order valence-corrected chi connectivity index (χ0v) is 20.6. The number of carbonyl (C=O) groups excluding carboxylic acids is 2. The Labute approximate surface area is 196 Å². The fraction of sp³-hybridized carbons (Fsp3) is 0.577. The van der Waals surface area contributed by atoms with E-state index in [1.165, 1.54) is 21.3 Å². The summed E-state index contributed by atoms with van der Waals surface area (Å²) >= 11 is 0. The van der Waals surface area contributed by atoms with Crippen molar-refractivity contribution < 1.29 is 28.5 Å². The van der Waals surface area contributed by atoms with E-state index < -0.39 is 16.8 Å². The molecule has 1 unspecified atom stereocenters. The summed E-state index contributed by atoms with van der Waals surface area (Å²) in [4.78, 5) is 27.2. The van der Waals surface area contributed by atoms with Crippen molar-refractivity contribution in [3.63, 3.8) is 0 Å². The predicted molar refractivity (Wildman–Crippen MR) is 124 cm³/mol. The fourth-order valence-corrected chi connectivity index (χ4v) is 4.57. The number of fused-ring (bicyclic) bond motifs is 1. The third kappa shape index (κ3) is 4.37. The van der Waals surface area contributed by atoms with Crippen LogP contribution in [0.1, 0.15) is 74.4 Å². The topological polar surface area (TPSA) is 94.9 Å². The van der Waals surface area contributed by atoms with E-state index in [1.54, 1.807) is 13.8 Å². The van der Waals surface area contributed by atoms with Crippen LogP contribution >= 0.6 is 0 Å². The van der Waals surface area contributed by atoms with Crippen LogP contribution in [-0.4, -0.2) is 39.7 Å². The van der Waals surface area contributed by atoms with Gasteiger partial charge in [0.15, 0.2) is 17.3 Å². The van der Waals surface area contributed by atoms with Crippen LogP contribution < -0.4 is 14.2 Å². The molecule has 0 bridgehead atoms. The maximum Gasteiger partial charge on any atom is 0.320 e. The number of rotatable bonds is 10. The predicted octanol–water partition coefficient (Wildman–Crippen LogP) is 4.46. The zero-order chi connectivity index (χ0) is 25.0. The van der Waals surface area contributed by atoms with E-state index in [0.29, 0.717) is 46.8 Å². The Morgan fingerprint density at radius 3 is 2.24 bits per heavy atom. The first-order valence-electron chi connectivity index (χ1n) is 11.1. The molecule has 0 saturated heterocycles. The molecule has 1 aliphatic carbocycles. The summed E-state index contributed by atoms with van der Waals surface area (Å²) in [5.41, 5.74) is -0.841. The van der Waals surface area contributed by atoms with Gasteiger partial charge >= 0.3 is 5.97 Å². The Balaban J connectivity index is 2.70. The summed E-state index contributed by atoms with van der Waals surface area (Å²) < 4.78 is 22.4. The summed E-state index contributed by atoms with van der Waals surface area (Å²) in [5.74, 6) is 2.80. The Morgan fingerprint density at radius 2 is 1.79 bits per heavy atom. The highest BCUT2D eigenvalue weighted by atomic mass is 16.5. The van der Waals surface area contributed by atoms with Crippen molar-refractivity contribution in [2.75, 3.05) is 27.9 Å². The third-order valence-corrected chi connectivity index (χ3v) is 6.34. The van der Waals surface area contributed by atoms with Gasteiger partial charge in [-0.25, -0.2) is 0 Å². The number of carbonyl (C=O) groups is 2. The van der Waals surface area contributed by atoms with E-state index in [1.807, 2.05) is 13.8 Å². The number of methoxy groups -OCH3 is 3. The molecule has 1 aliphatic rings. The molecule has 0 radical (unpaired) electrons. The van der Waals surface area contributed by atoms with Gasteiger partial charge in [0.2, 0.25) is 0 Å². The van der Waals surface area contributed by atoms with Gasteiger partial charge in [-0.05, 0) is 39.0 Å². The van der Waals surface area contributed by atoms with Crippen LogP contribution in [0.25, 0.3) is 0 Å². The number of hydrogen-bond donors (Lipinski definition) is 0. The minimum atomic E-state index is -1.45. The highest BCUT2D eigenvalue weighted by molar-refractivity contribution is 6.18. The average Bonchev–Trinajstić information content (AvgIpc) is 3.10. The summed E-state index contributed by atoms with van der Waals surface area (Å²) in [7, 11) is 4.54. The molecule has 1 aromatic rings. The quantitative estimate of drug-likeness (QED) is 0.292. The highest BCUT2D eigenvalue weighted by Crippen LogP contribution is 2.55. The number of ether oxygens (including phenoxy) is 4. The van der Waals surface area contributed by atoms with E-state index in [9.17, 15) is 14.9 Å². The molecular formula is C26H33NO6. The molecule has 0 spiro atoms. The molecule has 2 atom stereocenters. The van der Waals surface area contributed by atoms with Crippen LogP contribution in [0.15, 0.2) is 0 Å². The molecule has 0 N–H and O–H groups in total. The van der Waals surface area contributed by atoms with Crippen LogP contribution in [0, 0.1) is 34.5 Å². The summed E-state index contributed by atoms with van der Waals surface area (Å²) in [5, 5.41) is 9.41. The van der Waals surface area contributed by atoms with Gasteiger partial charge in [0, 0.05) is 17.5 Å². The number of ketones is 1. The van der Waals surface area contributed by atoms with Crippen LogP contribution in [0.2, 0.25) is 0 Å². The van der Waals surface area contributed by atoms with Crippen molar-refractivity contribution in [2.45, 2.75) is 59.3 Å². The maximum atomic E-state index is 14.0. The monoisotopic (exact) mass is 455 g/mol. The number of benzene rings is 1. The number of hydrogen-bond acceptors (Lipinski definition) is 7. The fourth-order valence-electron chi connectivity index (χ4n) is 4.57. The largest absolute Gasteiger partial charge is 0.496 e. The molecule has 0 amide bonds. The lowest BCUT2D eigenvalue weighted by Gasteiger charge is -2.26. The third-order valence-electron chi connectivity index (χ3n) is 6.34. The molecule has 1 aromatic carbocycles. The zero-order valence-electron chi connectivity index (χ0n) is 20.6. The summed E-state index contributed by atoms with van der Waals surface area (Å²) in [6.07, 6.45) is 6.54. The molecule has 0 aromatic heterocycles. The Bertz CT molecular complexity index is 999. The minimum Gasteiger partial charge on any atom is -0.496 e. The van der Waals surface area contributed by atoms with Gasteiger partial charge in [-0.3, -0.25) is 9.59 Å². The van der Waals surface area contributed by atoms with Gasteiger partial charge in [-0.1, -0.05) is 19.8 Å². The lowest BCUT2D eigenvalue weighted by molar-refractivity contribution is -0.152. The van der Waals surface area contributed by atoms with E-state index in [-0.39, 0.29) is 31.1 Å². The van der Waals surface area contributed by atoms with Gasteiger partial charge < -0.3 is 18.9 Å². The molecule has 0 fully saturated rings. The van der Waals surface area contributed by atoms with Crippen molar-refractivity contribution in [2.24, 2.45) is 10.8 Å². The Kier molecular flexibility index (Phi) is 8.03. The lowest BCUT2D eigenvalue weighted by atomic mass is 9.76. The van der Waals surface area contributed by atoms with Gasteiger partial charge in [-0.2, -0.15) is 5.26 Å². The number of nitrogens with zero attached hydrogens (tertiary/aromatic N) is 1. The first-order valence-corrected chi connectivity index (χ1v) is 11.1. The molecule has 33 heavy (non-hydrogen) atoms. The molecule has 2 rings (SSSR count). The standard InChI is InChI=1S/C26H33NO6/c1-9-25(5,15-27)12-11-13-26(24(29)33-10-2)14-17-19(23(26)28)21(31-7)18(16(3)4)22(32-8)20(17)30-6/h1,16H,10-14H2,2-8H3/t25-,26?/m1/s1. The van der Waals surface area contributed by atoms with Gasteiger partial charge in [-0.15, -0.1) is 6.42 Å². The molecule has 7 heteroatoms. The summed E-state index contributed by atoms with van der Waals surface area (Å²) in [6, 6.07) is 2.13. The highest BCUT2D eigenvalue weighted by Gasteiger charge is 2.55. The number of nitriles is 1.